The smallest absolute Gasteiger partial charge is 0.442 e. The molecular weight excluding hydrogens is 630 g/mol. The molecule has 0 saturated heterocycles. The lowest BCUT2D eigenvalue weighted by Crippen LogP contribution is -2.49. The third-order valence-electron chi connectivity index (χ3n) is 5.84. The summed E-state index contributed by atoms with van der Waals surface area (Å²) in [5.41, 5.74) is -1.21. The number of amides is 2. The van der Waals surface area contributed by atoms with Crippen LogP contribution < -0.4 is 14.2 Å². The quantitative estimate of drug-likeness (QED) is 0.125. The third-order valence-corrected chi connectivity index (χ3v) is 9.39. The Kier molecular flexibility index (Phi) is 10.8. The first-order valence-electron chi connectivity index (χ1n) is 13.9. The second-order valence-corrected chi connectivity index (χ2v) is 15.8. The monoisotopic (exact) mass is 669 g/mol. The summed E-state index contributed by atoms with van der Waals surface area (Å²) in [6.45, 7) is 11.1. The summed E-state index contributed by atoms with van der Waals surface area (Å²) in [5, 5.41) is 9.33. The maximum atomic E-state index is 13.3. The molecule has 0 spiro atoms. The first kappa shape index (κ1) is 35.6. The summed E-state index contributed by atoms with van der Waals surface area (Å²) in [5.74, 6) is -1.40. The Morgan fingerprint density at radius 2 is 1.62 bits per heavy atom. The lowest BCUT2D eigenvalue weighted by atomic mass is 10.2. The van der Waals surface area contributed by atoms with Crippen LogP contribution in [0.1, 0.15) is 64.3 Å². The number of sulfone groups is 1. The first-order valence-corrected chi connectivity index (χ1v) is 17.0. The Labute approximate surface area is 263 Å². The van der Waals surface area contributed by atoms with E-state index in [1.54, 1.807) is 66.7 Å². The van der Waals surface area contributed by atoms with E-state index in [1.807, 2.05) is 0 Å². The second kappa shape index (κ2) is 13.6. The number of alkyl carbamates (subject to hydrolysis) is 1. The molecule has 16 heteroatoms. The highest BCUT2D eigenvalue weighted by Gasteiger charge is 2.44. The van der Waals surface area contributed by atoms with Gasteiger partial charge in [-0.2, -0.15) is 8.42 Å². The summed E-state index contributed by atoms with van der Waals surface area (Å²) in [7, 11) is -8.26. The zero-order chi connectivity index (χ0) is 33.8. The van der Waals surface area contributed by atoms with Crippen molar-refractivity contribution in [3.63, 3.8) is 0 Å². The van der Waals surface area contributed by atoms with Crippen LogP contribution in [0.15, 0.2) is 47.4 Å². The molecule has 0 radical (unpaired) electrons. The standard InChI is InChI=1S/C29H39N3O11S2/c1-19-12-10-14-21(24(19)43-45(37,38)23-18-44(35,36)22-15-9-8-13-20(22)23)39-16-11-17-40-32(27(34)42-29(5,6)7)25(30)31-26(33)41-28(2,3)4/h8-10,12-15,23H,11,16-18H2,1-7H3,(H2,30,31,33). The largest absolute Gasteiger partial charge is 0.490 e. The van der Waals surface area contributed by atoms with E-state index in [1.165, 1.54) is 24.3 Å². The number of nitrogens with one attached hydrogen (secondary N) is 2. The molecule has 1 aliphatic heterocycles. The highest BCUT2D eigenvalue weighted by atomic mass is 32.2. The molecule has 1 heterocycles. The van der Waals surface area contributed by atoms with E-state index in [0.717, 1.165) is 0 Å². The molecule has 2 aromatic rings. The number of para-hydroxylation sites is 1. The van der Waals surface area contributed by atoms with Crippen LogP contribution >= 0.6 is 0 Å². The van der Waals surface area contributed by atoms with Gasteiger partial charge in [0.15, 0.2) is 21.3 Å². The molecule has 248 valence electrons. The van der Waals surface area contributed by atoms with Crippen molar-refractivity contribution in [1.82, 2.24) is 10.4 Å². The number of fused-ring (bicyclic) bond motifs is 1. The first-order chi connectivity index (χ1) is 20.7. The minimum absolute atomic E-state index is 0.0433. The van der Waals surface area contributed by atoms with Gasteiger partial charge in [-0.25, -0.2) is 18.0 Å². The number of ether oxygens (including phenoxy) is 3. The van der Waals surface area contributed by atoms with E-state index < -0.39 is 60.3 Å². The van der Waals surface area contributed by atoms with Gasteiger partial charge in [0.25, 0.3) is 0 Å². The number of benzene rings is 2. The zero-order valence-corrected chi connectivity index (χ0v) is 27.8. The molecule has 0 aliphatic carbocycles. The fourth-order valence-corrected chi connectivity index (χ4v) is 8.00. The Balaban J connectivity index is 1.67. The molecular formula is C29H39N3O11S2. The molecule has 2 aromatic carbocycles. The van der Waals surface area contributed by atoms with Gasteiger partial charge in [0.2, 0.25) is 5.96 Å². The van der Waals surface area contributed by atoms with Gasteiger partial charge in [0.1, 0.15) is 16.5 Å². The summed E-state index contributed by atoms with van der Waals surface area (Å²) in [6, 6.07) is 10.6. The van der Waals surface area contributed by atoms with Crippen molar-refractivity contribution in [2.75, 3.05) is 19.0 Å². The molecule has 0 aromatic heterocycles. The van der Waals surface area contributed by atoms with Crippen LogP contribution in [0, 0.1) is 12.3 Å². The third kappa shape index (κ3) is 9.80. The number of rotatable bonds is 9. The summed E-state index contributed by atoms with van der Waals surface area (Å²) in [4.78, 5) is 30.2. The fourth-order valence-electron chi connectivity index (χ4n) is 4.03. The molecule has 0 fully saturated rings. The van der Waals surface area contributed by atoms with E-state index in [4.69, 9.17) is 28.6 Å². The molecule has 0 bridgehead atoms. The summed E-state index contributed by atoms with van der Waals surface area (Å²) >= 11 is 0. The molecule has 1 atom stereocenters. The Bertz CT molecular complexity index is 1640. The van der Waals surface area contributed by atoms with Crippen molar-refractivity contribution in [1.29, 1.82) is 5.41 Å². The topological polar surface area (TPSA) is 188 Å². The summed E-state index contributed by atoms with van der Waals surface area (Å²) < 4.78 is 73.4. The van der Waals surface area contributed by atoms with Crippen molar-refractivity contribution in [3.8, 4) is 11.5 Å². The van der Waals surface area contributed by atoms with Crippen LogP contribution in [0.3, 0.4) is 0 Å². The average molecular weight is 670 g/mol. The normalized spacial score (nSPS) is 15.8. The van der Waals surface area contributed by atoms with Crippen molar-refractivity contribution >= 4 is 38.1 Å². The van der Waals surface area contributed by atoms with E-state index in [-0.39, 0.29) is 41.6 Å². The molecule has 3 rings (SSSR count). The number of hydroxylamine groups is 2. The van der Waals surface area contributed by atoms with Gasteiger partial charge in [0.05, 0.1) is 23.9 Å². The number of aryl methyl sites for hydroxylation is 1. The highest BCUT2D eigenvalue weighted by Crippen LogP contribution is 2.41. The predicted molar refractivity (Wildman–Crippen MR) is 163 cm³/mol. The van der Waals surface area contributed by atoms with Crippen LogP contribution in [0.25, 0.3) is 0 Å². The van der Waals surface area contributed by atoms with Gasteiger partial charge >= 0.3 is 22.3 Å². The van der Waals surface area contributed by atoms with Crippen LogP contribution in [0.2, 0.25) is 0 Å². The number of guanidine groups is 1. The number of nitrogens with zero attached hydrogens (tertiary/aromatic N) is 1. The van der Waals surface area contributed by atoms with E-state index in [2.05, 4.69) is 5.32 Å². The van der Waals surface area contributed by atoms with E-state index in [9.17, 15) is 26.4 Å². The maximum Gasteiger partial charge on any atom is 0.442 e. The van der Waals surface area contributed by atoms with Crippen molar-refractivity contribution in [2.45, 2.75) is 76.2 Å². The van der Waals surface area contributed by atoms with Gasteiger partial charge in [-0.3, -0.25) is 15.6 Å². The Morgan fingerprint density at radius 3 is 2.27 bits per heavy atom. The summed E-state index contributed by atoms with van der Waals surface area (Å²) in [6.07, 6.45) is -1.90. The van der Waals surface area contributed by atoms with Crippen LogP contribution in [0.5, 0.6) is 11.5 Å². The lowest BCUT2D eigenvalue weighted by molar-refractivity contribution is -0.104. The second-order valence-electron chi connectivity index (χ2n) is 12.1. The molecule has 45 heavy (non-hydrogen) atoms. The molecule has 1 unspecified atom stereocenters. The predicted octanol–water partition coefficient (Wildman–Crippen LogP) is 4.63. The maximum absolute atomic E-state index is 13.3. The molecule has 0 saturated carbocycles. The molecule has 14 nitrogen and oxygen atoms in total. The average Bonchev–Trinajstić information content (AvgIpc) is 3.17. The fraction of sp³-hybridized carbons (Fsp3) is 0.483. The SMILES string of the molecule is Cc1cccc(OCCCON(C(=N)NC(=O)OC(C)(C)C)C(=O)OC(C)(C)C)c1OS(=O)(=O)C1CS(=O)(=O)c2ccccc21. The van der Waals surface area contributed by atoms with Crippen LogP contribution in [0.4, 0.5) is 9.59 Å². The highest BCUT2D eigenvalue weighted by molar-refractivity contribution is 7.94. The van der Waals surface area contributed by atoms with Gasteiger partial charge in [-0.15, -0.1) is 5.06 Å². The van der Waals surface area contributed by atoms with Gasteiger partial charge in [0, 0.05) is 6.42 Å². The number of carbonyl (C=O) groups excluding carboxylic acids is 2. The van der Waals surface area contributed by atoms with Gasteiger partial charge < -0.3 is 18.4 Å². The molecule has 1 aliphatic rings. The Morgan fingerprint density at radius 1 is 0.978 bits per heavy atom. The van der Waals surface area contributed by atoms with Crippen molar-refractivity contribution in [3.05, 3.63) is 53.6 Å². The minimum Gasteiger partial charge on any atom is -0.490 e. The van der Waals surface area contributed by atoms with Crippen LogP contribution in [-0.2, 0) is 34.3 Å². The van der Waals surface area contributed by atoms with Gasteiger partial charge in [-0.1, -0.05) is 30.3 Å². The van der Waals surface area contributed by atoms with Crippen molar-refractivity contribution < 1.29 is 49.7 Å². The number of carbonyl (C=O) groups is 2. The lowest BCUT2D eigenvalue weighted by Gasteiger charge is -2.27. The van der Waals surface area contributed by atoms with Crippen LogP contribution in [-0.4, -0.2) is 70.2 Å². The van der Waals surface area contributed by atoms with Crippen molar-refractivity contribution in [2.24, 2.45) is 0 Å². The molecule has 2 amide bonds. The molecule has 2 N–H and O–H groups in total. The number of hydrogen-bond donors (Lipinski definition) is 2. The zero-order valence-electron chi connectivity index (χ0n) is 26.2. The van der Waals surface area contributed by atoms with E-state index >= 15 is 0 Å². The van der Waals surface area contributed by atoms with Gasteiger partial charge in [-0.05, 0) is 71.7 Å². The minimum atomic E-state index is -4.45. The van der Waals surface area contributed by atoms with E-state index in [0.29, 0.717) is 10.6 Å². The number of hydrogen-bond acceptors (Lipinski definition) is 12. The Hall–Kier alpha value is -3.89.